The maximum absolute atomic E-state index is 11.5. The molecule has 88 valence electrons. The Morgan fingerprint density at radius 1 is 1.38 bits per heavy atom. The fraction of sp³-hybridized carbons (Fsp3) is 0.700. The largest absolute Gasteiger partial charge is 0.480 e. The van der Waals surface area contributed by atoms with E-state index in [1.165, 1.54) is 18.1 Å². The van der Waals surface area contributed by atoms with Gasteiger partial charge in [-0.2, -0.15) is 5.10 Å². The summed E-state index contributed by atoms with van der Waals surface area (Å²) in [6.45, 7) is 0. The molecule has 2 N–H and O–H groups in total. The zero-order valence-corrected chi connectivity index (χ0v) is 9.79. The van der Waals surface area contributed by atoms with Crippen LogP contribution in [-0.2, 0) is 4.79 Å². The van der Waals surface area contributed by atoms with Gasteiger partial charge in [-0.1, -0.05) is 37.4 Å². The standard InChI is InChI=1S/C10H15N3O2S/c14-8(15)10(5-3-1-2-4-6-10)16-9-11-7-12-13-9/h7H,1-6H2,(H,14,15)(H,11,12,13). The number of aromatic nitrogens is 3. The highest BCUT2D eigenvalue weighted by Crippen LogP contribution is 2.41. The third kappa shape index (κ3) is 2.37. The number of hydrogen-bond acceptors (Lipinski definition) is 4. The first-order chi connectivity index (χ1) is 7.73. The first kappa shape index (κ1) is 11.4. The Kier molecular flexibility index (Phi) is 3.48. The van der Waals surface area contributed by atoms with Gasteiger partial charge >= 0.3 is 5.97 Å². The molecule has 5 nitrogen and oxygen atoms in total. The fourth-order valence-electron chi connectivity index (χ4n) is 2.09. The predicted octanol–water partition coefficient (Wildman–Crippen LogP) is 2.07. The maximum Gasteiger partial charge on any atom is 0.320 e. The first-order valence-corrected chi connectivity index (χ1v) is 6.32. The van der Waals surface area contributed by atoms with E-state index in [0.29, 0.717) is 18.0 Å². The Hall–Kier alpha value is -1.04. The molecule has 1 saturated carbocycles. The van der Waals surface area contributed by atoms with Crippen molar-refractivity contribution in [2.45, 2.75) is 48.4 Å². The second kappa shape index (κ2) is 4.86. The molecule has 0 aromatic carbocycles. The molecular weight excluding hydrogens is 226 g/mol. The van der Waals surface area contributed by atoms with Crippen LogP contribution in [0.4, 0.5) is 0 Å². The number of carbonyl (C=O) groups is 1. The lowest BCUT2D eigenvalue weighted by Crippen LogP contribution is -2.34. The van der Waals surface area contributed by atoms with E-state index < -0.39 is 10.7 Å². The van der Waals surface area contributed by atoms with Crippen molar-refractivity contribution in [2.75, 3.05) is 0 Å². The van der Waals surface area contributed by atoms with Crippen LogP contribution in [0.3, 0.4) is 0 Å². The van der Waals surface area contributed by atoms with Crippen molar-refractivity contribution in [3.05, 3.63) is 6.33 Å². The number of hydrogen-bond donors (Lipinski definition) is 2. The normalized spacial score (nSPS) is 20.2. The summed E-state index contributed by atoms with van der Waals surface area (Å²) in [6.07, 6.45) is 7.06. The molecule has 0 amide bonds. The Bertz CT molecular complexity index is 345. The van der Waals surface area contributed by atoms with Crippen molar-refractivity contribution in [2.24, 2.45) is 0 Å². The minimum Gasteiger partial charge on any atom is -0.480 e. The summed E-state index contributed by atoms with van der Waals surface area (Å²) in [5.74, 6) is -0.726. The van der Waals surface area contributed by atoms with E-state index in [2.05, 4.69) is 15.2 Å². The molecule has 0 aliphatic heterocycles. The van der Waals surface area contributed by atoms with Gasteiger partial charge in [0, 0.05) is 0 Å². The van der Waals surface area contributed by atoms with Crippen molar-refractivity contribution in [3.8, 4) is 0 Å². The van der Waals surface area contributed by atoms with Gasteiger partial charge in [0.15, 0.2) is 5.16 Å². The smallest absolute Gasteiger partial charge is 0.320 e. The minimum absolute atomic E-state index is 0.601. The molecule has 6 heteroatoms. The van der Waals surface area contributed by atoms with Crippen LogP contribution in [0.5, 0.6) is 0 Å². The zero-order chi connectivity index (χ0) is 11.4. The van der Waals surface area contributed by atoms with Crippen molar-refractivity contribution in [1.29, 1.82) is 0 Å². The number of aliphatic carboxylic acids is 1. The minimum atomic E-state index is -0.726. The number of carboxylic acids is 1. The quantitative estimate of drug-likeness (QED) is 0.792. The molecule has 0 saturated heterocycles. The van der Waals surface area contributed by atoms with E-state index in [1.807, 2.05) is 0 Å². The maximum atomic E-state index is 11.5. The van der Waals surface area contributed by atoms with E-state index in [4.69, 9.17) is 0 Å². The highest BCUT2D eigenvalue weighted by atomic mass is 32.2. The molecule has 2 rings (SSSR count). The molecule has 1 aromatic heterocycles. The van der Waals surface area contributed by atoms with Crippen molar-refractivity contribution >= 4 is 17.7 Å². The molecule has 1 aliphatic rings. The van der Waals surface area contributed by atoms with Crippen molar-refractivity contribution in [1.82, 2.24) is 15.2 Å². The third-order valence-electron chi connectivity index (χ3n) is 2.99. The Morgan fingerprint density at radius 3 is 2.56 bits per heavy atom. The highest BCUT2D eigenvalue weighted by Gasteiger charge is 2.40. The van der Waals surface area contributed by atoms with Gasteiger partial charge in [-0.15, -0.1) is 0 Å². The average molecular weight is 241 g/mol. The van der Waals surface area contributed by atoms with Gasteiger partial charge in [-0.05, 0) is 12.8 Å². The first-order valence-electron chi connectivity index (χ1n) is 5.51. The lowest BCUT2D eigenvalue weighted by molar-refractivity contribution is -0.140. The molecule has 0 spiro atoms. The van der Waals surface area contributed by atoms with E-state index in [0.717, 1.165) is 25.7 Å². The Balaban J connectivity index is 2.17. The molecule has 1 aromatic rings. The molecular formula is C10H15N3O2S. The van der Waals surface area contributed by atoms with Crippen LogP contribution < -0.4 is 0 Å². The predicted molar refractivity (Wildman–Crippen MR) is 60.3 cm³/mol. The summed E-state index contributed by atoms with van der Waals surface area (Å²) in [5, 5.41) is 16.5. The van der Waals surface area contributed by atoms with Crippen molar-refractivity contribution < 1.29 is 9.90 Å². The van der Waals surface area contributed by atoms with Crippen LogP contribution in [0.2, 0.25) is 0 Å². The molecule has 1 aliphatic carbocycles. The number of carboxylic acid groups (broad SMARTS) is 1. The number of aromatic amines is 1. The molecule has 1 heterocycles. The van der Waals surface area contributed by atoms with Gasteiger partial charge in [-0.3, -0.25) is 9.89 Å². The van der Waals surface area contributed by atoms with Crippen LogP contribution in [0.1, 0.15) is 38.5 Å². The molecule has 16 heavy (non-hydrogen) atoms. The van der Waals surface area contributed by atoms with Gasteiger partial charge in [0.1, 0.15) is 11.1 Å². The van der Waals surface area contributed by atoms with Crippen LogP contribution in [-0.4, -0.2) is 31.0 Å². The molecule has 0 unspecified atom stereocenters. The topological polar surface area (TPSA) is 78.9 Å². The Labute approximate surface area is 98.0 Å². The summed E-state index contributed by atoms with van der Waals surface area (Å²) in [7, 11) is 0. The monoisotopic (exact) mass is 241 g/mol. The van der Waals surface area contributed by atoms with Crippen LogP contribution in [0.25, 0.3) is 0 Å². The number of nitrogens with one attached hydrogen (secondary N) is 1. The summed E-state index contributed by atoms with van der Waals surface area (Å²) in [5.41, 5.74) is 0. The number of nitrogens with zero attached hydrogens (tertiary/aromatic N) is 2. The van der Waals surface area contributed by atoms with Crippen LogP contribution >= 0.6 is 11.8 Å². The van der Waals surface area contributed by atoms with E-state index >= 15 is 0 Å². The highest BCUT2D eigenvalue weighted by molar-refractivity contribution is 8.01. The Morgan fingerprint density at radius 2 is 2.06 bits per heavy atom. The number of thioether (sulfide) groups is 1. The van der Waals surface area contributed by atoms with E-state index in [-0.39, 0.29) is 0 Å². The number of rotatable bonds is 3. The van der Waals surface area contributed by atoms with Gasteiger partial charge in [0.25, 0.3) is 0 Å². The van der Waals surface area contributed by atoms with Gasteiger partial charge in [-0.25, -0.2) is 4.98 Å². The number of H-pyrrole nitrogens is 1. The lowest BCUT2D eigenvalue weighted by atomic mass is 10.00. The van der Waals surface area contributed by atoms with Crippen molar-refractivity contribution in [3.63, 3.8) is 0 Å². The van der Waals surface area contributed by atoms with Gasteiger partial charge in [0.2, 0.25) is 0 Å². The SMILES string of the molecule is O=C(O)C1(Sc2ncn[nH]2)CCCCCC1. The molecule has 1 fully saturated rings. The van der Waals surface area contributed by atoms with Crippen LogP contribution in [0.15, 0.2) is 11.5 Å². The molecule has 0 radical (unpaired) electrons. The fourth-order valence-corrected chi connectivity index (χ4v) is 3.24. The van der Waals surface area contributed by atoms with E-state index in [1.54, 1.807) is 0 Å². The molecule has 0 bridgehead atoms. The van der Waals surface area contributed by atoms with E-state index in [9.17, 15) is 9.90 Å². The summed E-state index contributed by atoms with van der Waals surface area (Å²) in [4.78, 5) is 15.5. The summed E-state index contributed by atoms with van der Waals surface area (Å²) >= 11 is 1.31. The van der Waals surface area contributed by atoms with Gasteiger partial charge < -0.3 is 5.11 Å². The second-order valence-electron chi connectivity index (χ2n) is 4.11. The lowest BCUT2D eigenvalue weighted by Gasteiger charge is -2.25. The summed E-state index contributed by atoms with van der Waals surface area (Å²) < 4.78 is -0.712. The average Bonchev–Trinajstić information content (AvgIpc) is 2.62. The molecule has 0 atom stereocenters. The second-order valence-corrected chi connectivity index (χ2v) is 5.48. The summed E-state index contributed by atoms with van der Waals surface area (Å²) in [6, 6.07) is 0. The zero-order valence-electron chi connectivity index (χ0n) is 8.98. The van der Waals surface area contributed by atoms with Gasteiger partial charge in [0.05, 0.1) is 0 Å². The third-order valence-corrected chi connectivity index (χ3v) is 4.35. The van der Waals surface area contributed by atoms with Crippen LogP contribution in [0, 0.1) is 0 Å².